The van der Waals surface area contributed by atoms with E-state index in [1.54, 1.807) is 18.5 Å². The van der Waals surface area contributed by atoms with Gasteiger partial charge in [-0.15, -0.1) is 0 Å². The summed E-state index contributed by atoms with van der Waals surface area (Å²) in [5, 5.41) is 11.7. The van der Waals surface area contributed by atoms with Crippen molar-refractivity contribution in [3.05, 3.63) is 29.6 Å². The minimum absolute atomic E-state index is 0.0229. The van der Waals surface area contributed by atoms with Crippen LogP contribution in [-0.2, 0) is 0 Å². The second-order valence-electron chi connectivity index (χ2n) is 4.68. The SMILES string of the molecule is CCC1CC1NC(=O)c1ccncc1C#CCCO. The predicted octanol–water partition coefficient (Wildman–Crippen LogP) is 1.34. The molecule has 1 saturated carbocycles. The van der Waals surface area contributed by atoms with Crippen molar-refractivity contribution >= 4 is 5.91 Å². The van der Waals surface area contributed by atoms with E-state index >= 15 is 0 Å². The van der Waals surface area contributed by atoms with Gasteiger partial charge in [0.15, 0.2) is 0 Å². The van der Waals surface area contributed by atoms with Crippen molar-refractivity contribution < 1.29 is 9.90 Å². The molecule has 19 heavy (non-hydrogen) atoms. The number of nitrogens with zero attached hydrogens (tertiary/aromatic N) is 1. The lowest BCUT2D eigenvalue weighted by Gasteiger charge is -2.05. The average molecular weight is 258 g/mol. The maximum absolute atomic E-state index is 12.2. The number of aliphatic hydroxyl groups is 1. The van der Waals surface area contributed by atoms with Crippen LogP contribution in [0.15, 0.2) is 18.5 Å². The van der Waals surface area contributed by atoms with Crippen molar-refractivity contribution in [1.82, 2.24) is 10.3 Å². The topological polar surface area (TPSA) is 62.2 Å². The summed E-state index contributed by atoms with van der Waals surface area (Å²) in [6.07, 6.45) is 5.75. The Bertz CT molecular complexity index is 516. The largest absolute Gasteiger partial charge is 0.395 e. The summed E-state index contributed by atoms with van der Waals surface area (Å²) in [6.45, 7) is 2.16. The molecule has 2 unspecified atom stereocenters. The Balaban J connectivity index is 2.07. The summed E-state index contributed by atoms with van der Waals surface area (Å²) in [5.41, 5.74) is 1.17. The molecule has 1 amide bonds. The lowest BCUT2D eigenvalue weighted by Crippen LogP contribution is -2.27. The molecule has 0 saturated heterocycles. The highest BCUT2D eigenvalue weighted by Gasteiger charge is 2.36. The normalized spacial score (nSPS) is 20.3. The van der Waals surface area contributed by atoms with Crippen molar-refractivity contribution in [1.29, 1.82) is 0 Å². The third kappa shape index (κ3) is 3.55. The van der Waals surface area contributed by atoms with Crippen LogP contribution in [0.1, 0.15) is 42.1 Å². The Kier molecular flexibility index (Phi) is 4.53. The lowest BCUT2D eigenvalue weighted by atomic mass is 10.1. The fourth-order valence-electron chi connectivity index (χ4n) is 2.03. The Hall–Kier alpha value is -1.86. The fraction of sp³-hybridized carbons (Fsp3) is 0.467. The molecule has 0 radical (unpaired) electrons. The minimum Gasteiger partial charge on any atom is -0.395 e. The number of carbonyl (C=O) groups excluding carboxylic acids is 1. The van der Waals surface area contributed by atoms with Gasteiger partial charge in [0.25, 0.3) is 5.91 Å². The van der Waals surface area contributed by atoms with Crippen LogP contribution in [0.4, 0.5) is 0 Å². The second-order valence-corrected chi connectivity index (χ2v) is 4.68. The number of nitrogens with one attached hydrogen (secondary N) is 1. The van der Waals surface area contributed by atoms with Gasteiger partial charge in [0.1, 0.15) is 0 Å². The zero-order valence-electron chi connectivity index (χ0n) is 11.0. The van der Waals surface area contributed by atoms with E-state index in [1.165, 1.54) is 0 Å². The summed E-state index contributed by atoms with van der Waals surface area (Å²) in [5.74, 6) is 6.23. The van der Waals surface area contributed by atoms with Gasteiger partial charge < -0.3 is 10.4 Å². The highest BCUT2D eigenvalue weighted by atomic mass is 16.2. The van der Waals surface area contributed by atoms with E-state index in [0.717, 1.165) is 12.8 Å². The van der Waals surface area contributed by atoms with Gasteiger partial charge in [-0.25, -0.2) is 0 Å². The summed E-state index contributed by atoms with van der Waals surface area (Å²) >= 11 is 0. The number of carbonyl (C=O) groups is 1. The molecule has 4 heteroatoms. The van der Waals surface area contributed by atoms with Crippen molar-refractivity contribution in [2.45, 2.75) is 32.2 Å². The van der Waals surface area contributed by atoms with E-state index in [1.807, 2.05) is 0 Å². The third-order valence-electron chi connectivity index (χ3n) is 3.29. The number of aromatic nitrogens is 1. The first-order valence-electron chi connectivity index (χ1n) is 6.60. The van der Waals surface area contributed by atoms with Gasteiger partial charge in [-0.1, -0.05) is 25.2 Å². The Morgan fingerprint density at radius 1 is 1.63 bits per heavy atom. The molecule has 1 aromatic heterocycles. The molecule has 0 aromatic carbocycles. The maximum Gasteiger partial charge on any atom is 0.252 e. The molecule has 1 aliphatic carbocycles. The van der Waals surface area contributed by atoms with E-state index in [4.69, 9.17) is 5.11 Å². The summed E-state index contributed by atoms with van der Waals surface area (Å²) < 4.78 is 0. The van der Waals surface area contributed by atoms with Crippen LogP contribution in [0.3, 0.4) is 0 Å². The second kappa shape index (κ2) is 6.35. The van der Waals surface area contributed by atoms with Gasteiger partial charge in [0, 0.05) is 24.9 Å². The molecular formula is C15H18N2O2. The summed E-state index contributed by atoms with van der Waals surface area (Å²) in [6, 6.07) is 1.99. The molecule has 2 N–H and O–H groups in total. The van der Waals surface area contributed by atoms with E-state index < -0.39 is 0 Å². The molecule has 4 nitrogen and oxygen atoms in total. The molecule has 100 valence electrons. The molecule has 1 heterocycles. The van der Waals surface area contributed by atoms with Crippen LogP contribution in [0.2, 0.25) is 0 Å². The molecule has 0 spiro atoms. The average Bonchev–Trinajstić information content (AvgIpc) is 3.18. The minimum atomic E-state index is -0.0864. The van der Waals surface area contributed by atoms with Crippen LogP contribution in [0.25, 0.3) is 0 Å². The predicted molar refractivity (Wildman–Crippen MR) is 72.5 cm³/mol. The molecule has 2 rings (SSSR count). The lowest BCUT2D eigenvalue weighted by molar-refractivity contribution is 0.0948. The van der Waals surface area contributed by atoms with Crippen LogP contribution < -0.4 is 5.32 Å². The van der Waals surface area contributed by atoms with Gasteiger partial charge in [0.2, 0.25) is 0 Å². The molecule has 1 fully saturated rings. The summed E-state index contributed by atoms with van der Waals surface area (Å²) in [4.78, 5) is 16.1. The molecule has 0 bridgehead atoms. The first kappa shape index (κ1) is 13.6. The van der Waals surface area contributed by atoms with Crippen LogP contribution in [-0.4, -0.2) is 28.6 Å². The Morgan fingerprint density at radius 2 is 2.47 bits per heavy atom. The number of aliphatic hydroxyl groups excluding tert-OH is 1. The number of hydrogen-bond acceptors (Lipinski definition) is 3. The first-order chi connectivity index (χ1) is 9.26. The van der Waals surface area contributed by atoms with Gasteiger partial charge in [0.05, 0.1) is 17.7 Å². The van der Waals surface area contributed by atoms with Crippen LogP contribution in [0.5, 0.6) is 0 Å². The van der Waals surface area contributed by atoms with Crippen LogP contribution >= 0.6 is 0 Å². The highest BCUT2D eigenvalue weighted by Crippen LogP contribution is 2.33. The zero-order valence-corrected chi connectivity index (χ0v) is 11.0. The van der Waals surface area contributed by atoms with E-state index in [0.29, 0.717) is 29.5 Å². The van der Waals surface area contributed by atoms with Crippen LogP contribution in [0, 0.1) is 17.8 Å². The van der Waals surface area contributed by atoms with E-state index in [9.17, 15) is 4.79 Å². The quantitative estimate of drug-likeness (QED) is 0.801. The number of pyridine rings is 1. The smallest absolute Gasteiger partial charge is 0.252 e. The van der Waals surface area contributed by atoms with E-state index in [-0.39, 0.29) is 12.5 Å². The highest BCUT2D eigenvalue weighted by molar-refractivity contribution is 5.96. The number of hydrogen-bond donors (Lipinski definition) is 2. The zero-order chi connectivity index (χ0) is 13.7. The van der Waals surface area contributed by atoms with E-state index in [2.05, 4.69) is 29.1 Å². The number of rotatable bonds is 4. The maximum atomic E-state index is 12.2. The summed E-state index contributed by atoms with van der Waals surface area (Å²) in [7, 11) is 0. The van der Waals surface area contributed by atoms with Crippen molar-refractivity contribution in [3.8, 4) is 11.8 Å². The van der Waals surface area contributed by atoms with Gasteiger partial charge >= 0.3 is 0 Å². The van der Waals surface area contributed by atoms with Crippen molar-refractivity contribution in [2.75, 3.05) is 6.61 Å². The van der Waals surface area contributed by atoms with Gasteiger partial charge in [-0.05, 0) is 18.4 Å². The van der Waals surface area contributed by atoms with Gasteiger partial charge in [-0.2, -0.15) is 0 Å². The van der Waals surface area contributed by atoms with Crippen molar-refractivity contribution in [2.24, 2.45) is 5.92 Å². The molecule has 0 aliphatic heterocycles. The molecule has 1 aromatic rings. The molecule has 2 atom stereocenters. The monoisotopic (exact) mass is 258 g/mol. The molecular weight excluding hydrogens is 240 g/mol. The standard InChI is InChI=1S/C15H18N2O2/c1-2-11-9-14(11)17-15(19)13-6-7-16-10-12(13)5-3-4-8-18/h6-7,10-11,14,18H,2,4,8-9H2,1H3,(H,17,19). The Labute approximate surface area is 113 Å². The fourth-order valence-corrected chi connectivity index (χ4v) is 2.03. The van der Waals surface area contributed by atoms with Crippen molar-refractivity contribution in [3.63, 3.8) is 0 Å². The van der Waals surface area contributed by atoms with Gasteiger partial charge in [-0.3, -0.25) is 9.78 Å². The third-order valence-corrected chi connectivity index (χ3v) is 3.29. The number of amides is 1. The Morgan fingerprint density at radius 3 is 3.16 bits per heavy atom. The molecule has 1 aliphatic rings. The first-order valence-corrected chi connectivity index (χ1v) is 6.60.